The summed E-state index contributed by atoms with van der Waals surface area (Å²) in [5.74, 6) is -0.574. The first-order valence-electron chi connectivity index (χ1n) is 8.79. The van der Waals surface area contributed by atoms with Crippen LogP contribution >= 0.6 is 0 Å². The molecule has 13 nitrogen and oxygen atoms in total. The minimum Gasteiger partial charge on any atom is -0.484 e. The monoisotopic (exact) mass is 432 g/mol. The molecular formula is C18H20N6O7. The van der Waals surface area contributed by atoms with Crippen molar-refractivity contribution in [2.45, 2.75) is 0 Å². The molecule has 6 N–H and O–H groups in total. The number of nitro groups is 2. The van der Waals surface area contributed by atoms with Gasteiger partial charge in [-0.3, -0.25) is 31.0 Å². The lowest BCUT2D eigenvalue weighted by atomic mass is 10.2. The molecule has 0 radical (unpaired) electrons. The van der Waals surface area contributed by atoms with E-state index in [0.717, 1.165) is 12.1 Å². The molecule has 31 heavy (non-hydrogen) atoms. The first-order valence-corrected chi connectivity index (χ1v) is 8.79. The quantitative estimate of drug-likeness (QED) is 0.126. The second kappa shape index (κ2) is 10.5. The Balaban J connectivity index is 1.81. The van der Waals surface area contributed by atoms with Gasteiger partial charge < -0.3 is 25.7 Å². The van der Waals surface area contributed by atoms with Crippen LogP contribution in [0.3, 0.4) is 0 Å². The highest BCUT2D eigenvalue weighted by atomic mass is 16.6. The number of nitrogens with two attached hydrogens (primary N) is 2. The number of benzene rings is 2. The molecule has 0 aromatic heterocycles. The second-order valence-corrected chi connectivity index (χ2v) is 6.02. The number of amidine groups is 2. The van der Waals surface area contributed by atoms with Crippen molar-refractivity contribution in [3.63, 3.8) is 0 Å². The molecule has 0 aliphatic rings. The molecule has 0 heterocycles. The van der Waals surface area contributed by atoms with Crippen LogP contribution in [0.2, 0.25) is 0 Å². The van der Waals surface area contributed by atoms with E-state index >= 15 is 0 Å². The van der Waals surface area contributed by atoms with E-state index in [-0.39, 0.29) is 72.1 Å². The molecule has 0 aliphatic carbocycles. The van der Waals surface area contributed by atoms with Gasteiger partial charge in [0.05, 0.1) is 23.1 Å². The fourth-order valence-electron chi connectivity index (χ4n) is 2.42. The second-order valence-electron chi connectivity index (χ2n) is 6.02. The Morgan fingerprint density at radius 2 is 1.16 bits per heavy atom. The molecule has 2 rings (SSSR count). The maximum Gasteiger partial charge on any atom is 0.311 e. The van der Waals surface area contributed by atoms with Crippen LogP contribution < -0.4 is 20.9 Å². The number of nitrogens with one attached hydrogen (secondary N) is 2. The first-order chi connectivity index (χ1) is 14.7. The van der Waals surface area contributed by atoms with Crippen LogP contribution in [0.25, 0.3) is 0 Å². The Morgan fingerprint density at radius 3 is 1.48 bits per heavy atom. The Hall–Kier alpha value is -4.26. The molecule has 0 aliphatic heterocycles. The van der Waals surface area contributed by atoms with Gasteiger partial charge in [0.1, 0.15) is 24.9 Å². The molecule has 13 heteroatoms. The van der Waals surface area contributed by atoms with E-state index < -0.39 is 9.85 Å². The van der Waals surface area contributed by atoms with Crippen LogP contribution in [-0.2, 0) is 4.74 Å². The van der Waals surface area contributed by atoms with Crippen molar-refractivity contribution in [1.82, 2.24) is 0 Å². The third-order valence-electron chi connectivity index (χ3n) is 3.90. The highest BCUT2D eigenvalue weighted by Gasteiger charge is 2.18. The standard InChI is InChI=1S/C18H20N6O7/c19-17(20)11-1-3-15(13(9-11)23(25)26)30-7-5-29-6-8-31-16-4-2-12(18(21)22)10-14(16)24(27)28/h1-4,9-10H,5-8H2,(H3,19,20)(H3,21,22). The summed E-state index contributed by atoms with van der Waals surface area (Å²) in [4.78, 5) is 21.0. The molecular weight excluding hydrogens is 412 g/mol. The third-order valence-corrected chi connectivity index (χ3v) is 3.90. The number of hydrogen-bond donors (Lipinski definition) is 4. The van der Waals surface area contributed by atoms with Gasteiger partial charge in [0.25, 0.3) is 0 Å². The average Bonchev–Trinajstić information content (AvgIpc) is 2.72. The van der Waals surface area contributed by atoms with Gasteiger partial charge in [-0.1, -0.05) is 0 Å². The summed E-state index contributed by atoms with van der Waals surface area (Å²) in [5, 5.41) is 36.9. The number of nitro benzene ring substituents is 2. The summed E-state index contributed by atoms with van der Waals surface area (Å²) < 4.78 is 16.0. The van der Waals surface area contributed by atoms with Crippen LogP contribution in [0.15, 0.2) is 36.4 Å². The van der Waals surface area contributed by atoms with Crippen molar-refractivity contribution in [2.24, 2.45) is 11.5 Å². The minimum atomic E-state index is -0.638. The lowest BCUT2D eigenvalue weighted by Gasteiger charge is -2.10. The molecule has 0 amide bonds. The predicted molar refractivity (Wildman–Crippen MR) is 110 cm³/mol. The van der Waals surface area contributed by atoms with Crippen molar-refractivity contribution in [3.05, 3.63) is 67.8 Å². The number of nitrogens with zero attached hydrogens (tertiary/aromatic N) is 2. The van der Waals surface area contributed by atoms with Crippen molar-refractivity contribution >= 4 is 23.0 Å². The van der Waals surface area contributed by atoms with Crippen molar-refractivity contribution in [1.29, 1.82) is 10.8 Å². The van der Waals surface area contributed by atoms with E-state index in [2.05, 4.69) is 0 Å². The van der Waals surface area contributed by atoms with Crippen LogP contribution in [0, 0.1) is 31.0 Å². The summed E-state index contributed by atoms with van der Waals surface area (Å²) in [6.07, 6.45) is 0. The number of rotatable bonds is 12. The summed E-state index contributed by atoms with van der Waals surface area (Å²) in [7, 11) is 0. The molecule has 164 valence electrons. The molecule has 2 aromatic carbocycles. The van der Waals surface area contributed by atoms with Crippen molar-refractivity contribution < 1.29 is 24.1 Å². The Bertz CT molecular complexity index is 931. The topological polar surface area (TPSA) is 214 Å². The normalized spacial score (nSPS) is 10.3. The van der Waals surface area contributed by atoms with Gasteiger partial charge in [0.15, 0.2) is 11.5 Å². The maximum atomic E-state index is 11.1. The van der Waals surface area contributed by atoms with Gasteiger partial charge >= 0.3 is 11.4 Å². The lowest BCUT2D eigenvalue weighted by Crippen LogP contribution is -2.14. The van der Waals surface area contributed by atoms with E-state index in [9.17, 15) is 20.2 Å². The zero-order valence-corrected chi connectivity index (χ0v) is 16.2. The average molecular weight is 432 g/mol. The third kappa shape index (κ3) is 6.37. The minimum absolute atomic E-state index is 0.00765. The van der Waals surface area contributed by atoms with Gasteiger partial charge in [-0.2, -0.15) is 0 Å². The zero-order valence-electron chi connectivity index (χ0n) is 16.2. The van der Waals surface area contributed by atoms with Gasteiger partial charge in [-0.15, -0.1) is 0 Å². The number of nitrogen functional groups attached to an aromatic ring is 2. The summed E-state index contributed by atoms with van der Waals surface area (Å²) in [5.41, 5.74) is 10.4. The summed E-state index contributed by atoms with van der Waals surface area (Å²) in [6.45, 7) is 0.183. The lowest BCUT2D eigenvalue weighted by molar-refractivity contribution is -0.386. The van der Waals surface area contributed by atoms with E-state index in [1.807, 2.05) is 0 Å². The molecule has 0 fully saturated rings. The number of ether oxygens (including phenoxy) is 3. The molecule has 0 spiro atoms. The number of hydrogen-bond acceptors (Lipinski definition) is 9. The van der Waals surface area contributed by atoms with Crippen molar-refractivity contribution in [2.75, 3.05) is 26.4 Å². The van der Waals surface area contributed by atoms with E-state index in [0.29, 0.717) is 0 Å². The predicted octanol–water partition coefficient (Wildman–Crippen LogP) is 1.55. The molecule has 0 unspecified atom stereocenters. The van der Waals surface area contributed by atoms with Crippen LogP contribution in [0.5, 0.6) is 11.5 Å². The molecule has 2 aromatic rings. The molecule has 0 atom stereocenters. The van der Waals surface area contributed by atoms with Gasteiger partial charge in [0, 0.05) is 23.3 Å². The van der Waals surface area contributed by atoms with E-state index in [1.54, 1.807) is 0 Å². The van der Waals surface area contributed by atoms with Gasteiger partial charge in [0.2, 0.25) is 0 Å². The van der Waals surface area contributed by atoms with Crippen LogP contribution in [-0.4, -0.2) is 47.9 Å². The van der Waals surface area contributed by atoms with E-state index in [1.165, 1.54) is 24.3 Å². The highest BCUT2D eigenvalue weighted by Crippen LogP contribution is 2.28. The maximum absolute atomic E-state index is 11.1. The van der Waals surface area contributed by atoms with E-state index in [4.69, 9.17) is 36.5 Å². The Labute approximate surface area is 175 Å². The van der Waals surface area contributed by atoms with Crippen LogP contribution in [0.4, 0.5) is 11.4 Å². The fraction of sp³-hybridized carbons (Fsp3) is 0.222. The molecule has 0 saturated heterocycles. The smallest absolute Gasteiger partial charge is 0.311 e. The Morgan fingerprint density at radius 1 is 0.774 bits per heavy atom. The first kappa shape index (κ1) is 23.0. The summed E-state index contributed by atoms with van der Waals surface area (Å²) in [6, 6.07) is 7.87. The zero-order chi connectivity index (χ0) is 23.0. The highest BCUT2D eigenvalue weighted by molar-refractivity contribution is 5.96. The van der Waals surface area contributed by atoms with Crippen LogP contribution in [0.1, 0.15) is 11.1 Å². The van der Waals surface area contributed by atoms with Crippen molar-refractivity contribution in [3.8, 4) is 11.5 Å². The summed E-state index contributed by atoms with van der Waals surface area (Å²) >= 11 is 0. The van der Waals surface area contributed by atoms with Gasteiger partial charge in [-0.25, -0.2) is 0 Å². The Kier molecular flexibility index (Phi) is 7.80. The molecule has 0 bridgehead atoms. The SMILES string of the molecule is N=C(N)c1ccc(OCCOCCOc2ccc(C(=N)N)cc2[N+](=O)[O-])c([N+](=O)[O-])c1. The van der Waals surface area contributed by atoms with Gasteiger partial charge in [-0.05, 0) is 24.3 Å². The largest absolute Gasteiger partial charge is 0.484 e. The molecule has 0 saturated carbocycles. The fourth-order valence-corrected chi connectivity index (χ4v) is 2.42.